The Morgan fingerprint density at radius 2 is 1.51 bits per heavy atom. The van der Waals surface area contributed by atoms with E-state index in [1.807, 2.05) is 0 Å². The zero-order valence-corrected chi connectivity index (χ0v) is 21.0. The molecule has 228 valence electrons. The summed E-state index contributed by atoms with van der Waals surface area (Å²) in [5, 5.41) is 8.69. The maximum Gasteiger partial charge on any atom is 0.573 e. The second-order valence-electron chi connectivity index (χ2n) is 8.50. The first-order valence-corrected chi connectivity index (χ1v) is 11.8. The summed E-state index contributed by atoms with van der Waals surface area (Å²) in [4.78, 5) is 20.9. The van der Waals surface area contributed by atoms with Crippen molar-refractivity contribution in [2.24, 2.45) is 0 Å². The van der Waals surface area contributed by atoms with Gasteiger partial charge in [-0.1, -0.05) is 30.3 Å². The number of alkyl halides is 9. The number of halogens is 9. The quantitative estimate of drug-likeness (QED) is 0.155. The molecule has 0 saturated carbocycles. The van der Waals surface area contributed by atoms with Crippen molar-refractivity contribution < 1.29 is 68.4 Å². The highest BCUT2D eigenvalue weighted by atomic mass is 19.4. The molecule has 0 amide bonds. The van der Waals surface area contributed by atoms with E-state index in [0.29, 0.717) is 11.1 Å². The molecule has 1 unspecified atom stereocenters. The molecule has 0 aliphatic carbocycles. The highest BCUT2D eigenvalue weighted by molar-refractivity contribution is 5.76. The van der Waals surface area contributed by atoms with Crippen molar-refractivity contribution in [1.29, 1.82) is 0 Å². The zero-order valence-electron chi connectivity index (χ0n) is 21.0. The highest BCUT2D eigenvalue weighted by Gasteiger charge is 2.53. The van der Waals surface area contributed by atoms with Gasteiger partial charge in [0.1, 0.15) is 24.2 Å². The van der Waals surface area contributed by atoms with E-state index in [2.05, 4.69) is 4.74 Å². The number of hydrogen-bond acceptors (Lipinski definition) is 6. The van der Waals surface area contributed by atoms with E-state index >= 15 is 0 Å². The van der Waals surface area contributed by atoms with Crippen molar-refractivity contribution in [2.75, 3.05) is 13.2 Å². The molecule has 0 spiro atoms. The van der Waals surface area contributed by atoms with E-state index in [1.54, 1.807) is 18.2 Å². The molecule has 0 bridgehead atoms. The molecular formula is C25H24F9NO6. The average molecular weight is 605 g/mol. The minimum Gasteiger partial charge on any atom is -0.489 e. The number of carboxylic acid groups (broad SMARTS) is 1. The largest absolute Gasteiger partial charge is 0.573 e. The lowest BCUT2D eigenvalue weighted by Gasteiger charge is -2.28. The molecule has 0 aliphatic rings. The number of aliphatic carboxylic acids is 1. The number of carbonyl (C=O) groups is 2. The lowest BCUT2D eigenvalue weighted by molar-refractivity contribution is -0.373. The van der Waals surface area contributed by atoms with Crippen molar-refractivity contribution in [3.8, 4) is 11.5 Å². The standard InChI is InChI=1S/C25H24F9NO6/c26-23(27,28)35(24(29,30)31)13-12-19(40-22(38)11-10-21(36)37)15-39-20-7-2-1-5-17(20)9-8-16-4-3-6-18(14-16)41-25(32,33)34/h1-7,14,19H,8-13,15H2,(H,36,37). The number of aryl methyl sites for hydroxylation is 2. The second-order valence-corrected chi connectivity index (χ2v) is 8.50. The van der Waals surface area contributed by atoms with Crippen LogP contribution in [0.15, 0.2) is 48.5 Å². The third kappa shape index (κ3) is 12.6. The number of para-hydroxylation sites is 1. The molecule has 2 aromatic rings. The molecule has 2 rings (SSSR count). The van der Waals surface area contributed by atoms with Gasteiger partial charge in [-0.15, -0.1) is 18.1 Å². The van der Waals surface area contributed by atoms with Gasteiger partial charge in [-0.05, 0) is 42.2 Å². The predicted molar refractivity (Wildman–Crippen MR) is 123 cm³/mol. The highest BCUT2D eigenvalue weighted by Crippen LogP contribution is 2.34. The molecule has 7 nitrogen and oxygen atoms in total. The number of hydrogen-bond donors (Lipinski definition) is 1. The molecule has 1 atom stereocenters. The van der Waals surface area contributed by atoms with Crippen LogP contribution < -0.4 is 9.47 Å². The van der Waals surface area contributed by atoms with Crippen LogP contribution in [0.4, 0.5) is 39.5 Å². The number of nitrogens with zero attached hydrogens (tertiary/aromatic N) is 1. The molecule has 2 aromatic carbocycles. The number of carboxylic acids is 1. The fourth-order valence-corrected chi connectivity index (χ4v) is 3.51. The van der Waals surface area contributed by atoms with E-state index in [4.69, 9.17) is 14.6 Å². The Kier molecular flexibility index (Phi) is 11.7. The van der Waals surface area contributed by atoms with Gasteiger partial charge >= 0.3 is 30.9 Å². The molecule has 0 saturated heterocycles. The van der Waals surface area contributed by atoms with Gasteiger partial charge < -0.3 is 19.3 Å². The summed E-state index contributed by atoms with van der Waals surface area (Å²) in [7, 11) is 0. The summed E-state index contributed by atoms with van der Waals surface area (Å²) in [6.07, 6.45) is -20.0. The number of ether oxygens (including phenoxy) is 3. The molecular weight excluding hydrogens is 581 g/mol. The van der Waals surface area contributed by atoms with Gasteiger partial charge in [-0.2, -0.15) is 26.3 Å². The average Bonchev–Trinajstić information content (AvgIpc) is 2.82. The molecule has 0 radical (unpaired) electrons. The van der Waals surface area contributed by atoms with E-state index in [0.717, 1.165) is 6.07 Å². The van der Waals surface area contributed by atoms with Gasteiger partial charge in [0.05, 0.1) is 12.8 Å². The predicted octanol–water partition coefficient (Wildman–Crippen LogP) is 6.26. The molecule has 0 aliphatic heterocycles. The van der Waals surface area contributed by atoms with Crippen molar-refractivity contribution >= 4 is 11.9 Å². The van der Waals surface area contributed by atoms with Crippen molar-refractivity contribution in [1.82, 2.24) is 4.90 Å². The SMILES string of the molecule is O=C(O)CCC(=O)OC(CCN(C(F)(F)F)C(F)(F)F)COc1ccccc1CCc1cccc(OC(F)(F)F)c1. The van der Waals surface area contributed by atoms with Gasteiger partial charge in [-0.25, -0.2) is 0 Å². The third-order valence-corrected chi connectivity index (χ3v) is 5.34. The summed E-state index contributed by atoms with van der Waals surface area (Å²) in [6, 6.07) is 11.3. The van der Waals surface area contributed by atoms with Gasteiger partial charge in [0.2, 0.25) is 0 Å². The Hall–Kier alpha value is -3.69. The van der Waals surface area contributed by atoms with Gasteiger partial charge in [0.15, 0.2) is 0 Å². The number of esters is 1. The first-order chi connectivity index (χ1) is 18.9. The summed E-state index contributed by atoms with van der Waals surface area (Å²) < 4.78 is 129. The van der Waals surface area contributed by atoms with Crippen LogP contribution in [-0.2, 0) is 27.2 Å². The van der Waals surface area contributed by atoms with Crippen LogP contribution in [0.2, 0.25) is 0 Å². The Bertz CT molecular complexity index is 1140. The summed E-state index contributed by atoms with van der Waals surface area (Å²) in [5.41, 5.74) is 0.948. The van der Waals surface area contributed by atoms with Gasteiger partial charge in [-0.3, -0.25) is 9.59 Å². The monoisotopic (exact) mass is 605 g/mol. The maximum absolute atomic E-state index is 12.9. The van der Waals surface area contributed by atoms with E-state index in [9.17, 15) is 49.1 Å². The van der Waals surface area contributed by atoms with Crippen molar-refractivity contribution in [3.63, 3.8) is 0 Å². The smallest absolute Gasteiger partial charge is 0.489 e. The molecule has 0 aromatic heterocycles. The minimum absolute atomic E-state index is 0.130. The minimum atomic E-state index is -5.77. The second kappa shape index (κ2) is 14.3. The number of benzene rings is 2. The number of carbonyl (C=O) groups excluding carboxylic acids is 1. The summed E-state index contributed by atoms with van der Waals surface area (Å²) in [6.45, 7) is -2.31. The summed E-state index contributed by atoms with van der Waals surface area (Å²) >= 11 is 0. The van der Waals surface area contributed by atoms with Crippen molar-refractivity contribution in [2.45, 2.75) is 57.2 Å². The fourth-order valence-electron chi connectivity index (χ4n) is 3.51. The normalized spacial score (nSPS) is 13.1. The van der Waals surface area contributed by atoms with Gasteiger partial charge in [0.25, 0.3) is 0 Å². The topological polar surface area (TPSA) is 85.3 Å². The van der Waals surface area contributed by atoms with E-state index in [-0.39, 0.29) is 18.6 Å². The van der Waals surface area contributed by atoms with Gasteiger partial charge in [0, 0.05) is 13.0 Å². The van der Waals surface area contributed by atoms with Crippen LogP contribution in [0.25, 0.3) is 0 Å². The molecule has 1 N–H and O–H groups in total. The molecule has 0 fully saturated rings. The first kappa shape index (κ1) is 33.5. The lowest BCUT2D eigenvalue weighted by atomic mass is 10.0. The Balaban J connectivity index is 2.13. The third-order valence-electron chi connectivity index (χ3n) is 5.34. The van der Waals surface area contributed by atoms with Crippen LogP contribution in [0, 0.1) is 0 Å². The van der Waals surface area contributed by atoms with E-state index < -0.39 is 80.1 Å². The van der Waals surface area contributed by atoms with Crippen LogP contribution in [0.3, 0.4) is 0 Å². The van der Waals surface area contributed by atoms with E-state index in [1.165, 1.54) is 24.3 Å². The zero-order chi connectivity index (χ0) is 30.8. The summed E-state index contributed by atoms with van der Waals surface area (Å²) in [5.74, 6) is -2.84. The maximum atomic E-state index is 12.9. The van der Waals surface area contributed by atoms with Crippen LogP contribution in [-0.4, -0.2) is 60.2 Å². The number of rotatable bonds is 14. The Labute approximate surface area is 227 Å². The van der Waals surface area contributed by atoms with Crippen LogP contribution in [0.1, 0.15) is 30.4 Å². The lowest BCUT2D eigenvalue weighted by Crippen LogP contribution is -2.49. The molecule has 16 heteroatoms. The Morgan fingerprint density at radius 3 is 2.12 bits per heavy atom. The Morgan fingerprint density at radius 1 is 0.854 bits per heavy atom. The van der Waals surface area contributed by atoms with Crippen LogP contribution >= 0.6 is 0 Å². The molecule has 41 heavy (non-hydrogen) atoms. The fraction of sp³-hybridized carbons (Fsp3) is 0.440. The first-order valence-electron chi connectivity index (χ1n) is 11.8. The molecule has 0 heterocycles. The van der Waals surface area contributed by atoms with Crippen molar-refractivity contribution in [3.05, 3.63) is 59.7 Å². The van der Waals surface area contributed by atoms with Crippen LogP contribution in [0.5, 0.6) is 11.5 Å².